The van der Waals surface area contributed by atoms with Gasteiger partial charge in [-0.05, 0) is 28.5 Å². The maximum atomic E-state index is 12.3. The zero-order valence-corrected chi connectivity index (χ0v) is 15.5. The molecule has 3 aromatic carbocycles. The molecular formula is C21H16BrN3O. The lowest BCUT2D eigenvalue weighted by Gasteiger charge is -2.07. The summed E-state index contributed by atoms with van der Waals surface area (Å²) in [5.74, 6) is -0.145. The van der Waals surface area contributed by atoms with Crippen LogP contribution < -0.4 is 5.43 Å². The summed E-state index contributed by atoms with van der Waals surface area (Å²) >= 11 is 3.55. The lowest BCUT2D eigenvalue weighted by molar-refractivity contribution is -0.120. The van der Waals surface area contributed by atoms with Gasteiger partial charge in [-0.2, -0.15) is 5.10 Å². The molecule has 0 unspecified atom stereocenters. The van der Waals surface area contributed by atoms with E-state index >= 15 is 0 Å². The van der Waals surface area contributed by atoms with Gasteiger partial charge in [0.25, 0.3) is 0 Å². The van der Waals surface area contributed by atoms with Gasteiger partial charge in [0.2, 0.25) is 5.91 Å². The van der Waals surface area contributed by atoms with Crippen molar-refractivity contribution in [2.75, 3.05) is 0 Å². The van der Waals surface area contributed by atoms with Crippen LogP contribution in [0.3, 0.4) is 0 Å². The molecule has 26 heavy (non-hydrogen) atoms. The number of nitrogens with one attached hydrogen (secondary N) is 2. The first-order chi connectivity index (χ1) is 12.7. The first kappa shape index (κ1) is 16.5. The molecule has 0 aliphatic carbocycles. The molecular weight excluding hydrogens is 390 g/mol. The Morgan fingerprint density at radius 1 is 1.00 bits per heavy atom. The van der Waals surface area contributed by atoms with Crippen LogP contribution in [-0.4, -0.2) is 17.1 Å². The van der Waals surface area contributed by atoms with Crippen LogP contribution in [0.25, 0.3) is 21.7 Å². The number of benzene rings is 3. The van der Waals surface area contributed by atoms with E-state index < -0.39 is 0 Å². The number of rotatable bonds is 4. The standard InChI is InChI=1S/C21H16BrN3O/c22-19-10-9-14(16-5-1-2-7-18(16)19)11-21(26)25-24-13-15-12-23-20-8-4-3-6-17(15)20/h1-10,12-13,23H,11H2,(H,25,26). The molecule has 0 radical (unpaired) electrons. The van der Waals surface area contributed by atoms with Crippen LogP contribution in [0, 0.1) is 0 Å². The molecule has 0 spiro atoms. The molecule has 0 aliphatic rings. The summed E-state index contributed by atoms with van der Waals surface area (Å²) in [6.07, 6.45) is 3.82. The van der Waals surface area contributed by atoms with E-state index in [-0.39, 0.29) is 12.3 Å². The quantitative estimate of drug-likeness (QED) is 0.372. The van der Waals surface area contributed by atoms with Crippen molar-refractivity contribution in [3.05, 3.63) is 82.5 Å². The van der Waals surface area contributed by atoms with E-state index in [2.05, 4.69) is 31.4 Å². The average Bonchev–Trinajstić information content (AvgIpc) is 3.08. The van der Waals surface area contributed by atoms with Crippen molar-refractivity contribution in [3.63, 3.8) is 0 Å². The predicted octanol–water partition coefficient (Wildman–Crippen LogP) is 4.78. The summed E-state index contributed by atoms with van der Waals surface area (Å²) in [5.41, 5.74) is 5.58. The number of hydrogen-bond acceptors (Lipinski definition) is 2. The number of halogens is 1. The van der Waals surface area contributed by atoms with Crippen molar-refractivity contribution in [1.29, 1.82) is 0 Å². The SMILES string of the molecule is O=C(Cc1ccc(Br)c2ccccc12)NN=Cc1c[nH]c2ccccc12. The second-order valence-electron chi connectivity index (χ2n) is 6.01. The maximum Gasteiger partial charge on any atom is 0.244 e. The molecule has 128 valence electrons. The predicted molar refractivity (Wildman–Crippen MR) is 109 cm³/mol. The fourth-order valence-corrected chi connectivity index (χ4v) is 3.54. The Labute approximate surface area is 159 Å². The number of hydrogen-bond donors (Lipinski definition) is 2. The number of fused-ring (bicyclic) bond motifs is 2. The Balaban J connectivity index is 1.49. The molecule has 0 saturated carbocycles. The van der Waals surface area contributed by atoms with Crippen molar-refractivity contribution in [2.45, 2.75) is 6.42 Å². The van der Waals surface area contributed by atoms with E-state index in [0.717, 1.165) is 37.3 Å². The molecule has 0 atom stereocenters. The van der Waals surface area contributed by atoms with Gasteiger partial charge in [-0.25, -0.2) is 5.43 Å². The molecule has 5 heteroatoms. The van der Waals surface area contributed by atoms with E-state index in [0.29, 0.717) is 0 Å². The molecule has 0 bridgehead atoms. The molecule has 1 aromatic heterocycles. The Bertz CT molecular complexity index is 1130. The van der Waals surface area contributed by atoms with Crippen molar-refractivity contribution in [3.8, 4) is 0 Å². The lowest BCUT2D eigenvalue weighted by Crippen LogP contribution is -2.19. The fourth-order valence-electron chi connectivity index (χ4n) is 3.07. The highest BCUT2D eigenvalue weighted by molar-refractivity contribution is 9.10. The number of nitrogens with zero attached hydrogens (tertiary/aromatic N) is 1. The minimum atomic E-state index is -0.145. The van der Waals surface area contributed by atoms with Crippen LogP contribution in [0.2, 0.25) is 0 Å². The Hall–Kier alpha value is -2.92. The third-order valence-corrected chi connectivity index (χ3v) is 5.02. The summed E-state index contributed by atoms with van der Waals surface area (Å²) in [6.45, 7) is 0. The molecule has 4 aromatic rings. The van der Waals surface area contributed by atoms with Gasteiger partial charge in [0, 0.05) is 27.1 Å². The minimum absolute atomic E-state index is 0.145. The number of amides is 1. The van der Waals surface area contributed by atoms with Crippen molar-refractivity contribution in [1.82, 2.24) is 10.4 Å². The van der Waals surface area contributed by atoms with Gasteiger partial charge in [-0.15, -0.1) is 0 Å². The fraction of sp³-hybridized carbons (Fsp3) is 0.0476. The Morgan fingerprint density at radius 2 is 1.73 bits per heavy atom. The summed E-state index contributed by atoms with van der Waals surface area (Å²) in [7, 11) is 0. The van der Waals surface area contributed by atoms with E-state index in [1.807, 2.05) is 66.9 Å². The highest BCUT2D eigenvalue weighted by Crippen LogP contribution is 2.27. The second kappa shape index (κ2) is 7.14. The first-order valence-electron chi connectivity index (χ1n) is 8.26. The summed E-state index contributed by atoms with van der Waals surface area (Å²) in [5, 5.41) is 7.34. The van der Waals surface area contributed by atoms with E-state index in [9.17, 15) is 4.79 Å². The normalized spacial score (nSPS) is 11.4. The number of aromatic nitrogens is 1. The summed E-state index contributed by atoms with van der Waals surface area (Å²) in [6, 6.07) is 19.9. The number of H-pyrrole nitrogens is 1. The number of carbonyl (C=O) groups excluding carboxylic acids is 1. The summed E-state index contributed by atoms with van der Waals surface area (Å²) in [4.78, 5) is 15.5. The van der Waals surface area contributed by atoms with Gasteiger partial charge in [0.1, 0.15) is 0 Å². The number of hydrazone groups is 1. The van der Waals surface area contributed by atoms with Crippen LogP contribution in [0.4, 0.5) is 0 Å². The van der Waals surface area contributed by atoms with Crippen molar-refractivity contribution >= 4 is 49.7 Å². The Kier molecular flexibility index (Phi) is 4.54. The Morgan fingerprint density at radius 3 is 2.58 bits per heavy atom. The van der Waals surface area contributed by atoms with E-state index in [1.54, 1.807) is 6.21 Å². The van der Waals surface area contributed by atoms with Gasteiger partial charge in [-0.3, -0.25) is 4.79 Å². The van der Waals surface area contributed by atoms with Crippen LogP contribution in [0.5, 0.6) is 0 Å². The highest BCUT2D eigenvalue weighted by Gasteiger charge is 2.08. The maximum absolute atomic E-state index is 12.3. The third kappa shape index (κ3) is 3.26. The van der Waals surface area contributed by atoms with Gasteiger partial charge in [0.05, 0.1) is 12.6 Å². The molecule has 4 rings (SSSR count). The van der Waals surface area contributed by atoms with Gasteiger partial charge in [-0.1, -0.05) is 64.5 Å². The van der Waals surface area contributed by atoms with E-state index in [4.69, 9.17) is 0 Å². The number of carbonyl (C=O) groups is 1. The van der Waals surface area contributed by atoms with Crippen LogP contribution >= 0.6 is 15.9 Å². The molecule has 4 nitrogen and oxygen atoms in total. The molecule has 0 fully saturated rings. The van der Waals surface area contributed by atoms with Crippen LogP contribution in [-0.2, 0) is 11.2 Å². The minimum Gasteiger partial charge on any atom is -0.361 e. The van der Waals surface area contributed by atoms with Crippen LogP contribution in [0.15, 0.2) is 76.4 Å². The molecule has 0 aliphatic heterocycles. The van der Waals surface area contributed by atoms with Gasteiger partial charge in [0.15, 0.2) is 0 Å². The zero-order valence-electron chi connectivity index (χ0n) is 13.9. The molecule has 1 heterocycles. The number of aromatic amines is 1. The third-order valence-electron chi connectivity index (χ3n) is 4.33. The van der Waals surface area contributed by atoms with Crippen molar-refractivity contribution < 1.29 is 4.79 Å². The van der Waals surface area contributed by atoms with E-state index in [1.165, 1.54) is 0 Å². The average molecular weight is 406 g/mol. The molecule has 2 N–H and O–H groups in total. The van der Waals surface area contributed by atoms with Gasteiger partial charge < -0.3 is 4.98 Å². The smallest absolute Gasteiger partial charge is 0.244 e. The number of para-hydroxylation sites is 1. The van der Waals surface area contributed by atoms with Crippen LogP contribution in [0.1, 0.15) is 11.1 Å². The highest BCUT2D eigenvalue weighted by atomic mass is 79.9. The zero-order chi connectivity index (χ0) is 17.9. The molecule has 1 amide bonds. The topological polar surface area (TPSA) is 57.2 Å². The molecule has 0 saturated heterocycles. The first-order valence-corrected chi connectivity index (χ1v) is 9.06. The van der Waals surface area contributed by atoms with Crippen molar-refractivity contribution in [2.24, 2.45) is 5.10 Å². The monoisotopic (exact) mass is 405 g/mol. The second-order valence-corrected chi connectivity index (χ2v) is 6.87. The summed E-state index contributed by atoms with van der Waals surface area (Å²) < 4.78 is 1.02. The largest absolute Gasteiger partial charge is 0.361 e. The van der Waals surface area contributed by atoms with Gasteiger partial charge >= 0.3 is 0 Å². The lowest BCUT2D eigenvalue weighted by atomic mass is 10.0.